The van der Waals surface area contributed by atoms with Crippen LogP contribution in [-0.2, 0) is 4.74 Å². The Balaban J connectivity index is 2.16. The zero-order chi connectivity index (χ0) is 11.1. The Morgan fingerprint density at radius 1 is 1.33 bits per heavy atom. The number of hydrogen-bond donors (Lipinski definition) is 0. The van der Waals surface area contributed by atoms with E-state index < -0.39 is 0 Å². The third kappa shape index (κ3) is 4.56. The average Bonchev–Trinajstić information content (AvgIpc) is 2.63. The molecule has 3 heteroatoms. The van der Waals surface area contributed by atoms with Crippen molar-refractivity contribution in [3.63, 3.8) is 0 Å². The molecule has 0 aromatic heterocycles. The fourth-order valence-corrected chi connectivity index (χ4v) is 1.88. The van der Waals surface area contributed by atoms with Gasteiger partial charge in [0, 0.05) is 32.6 Å². The van der Waals surface area contributed by atoms with Gasteiger partial charge in [-0.3, -0.25) is 0 Å². The van der Waals surface area contributed by atoms with Gasteiger partial charge in [0.15, 0.2) is 0 Å². The van der Waals surface area contributed by atoms with Gasteiger partial charge >= 0.3 is 0 Å². The van der Waals surface area contributed by atoms with Crippen molar-refractivity contribution in [3.05, 3.63) is 12.4 Å². The Bertz CT molecular complexity index is 194. The van der Waals surface area contributed by atoms with E-state index in [4.69, 9.17) is 4.74 Å². The normalized spacial score (nSPS) is 17.5. The second-order valence-electron chi connectivity index (χ2n) is 4.44. The Morgan fingerprint density at radius 3 is 2.73 bits per heavy atom. The Kier molecular flexibility index (Phi) is 5.54. The van der Waals surface area contributed by atoms with Crippen LogP contribution in [0.3, 0.4) is 0 Å². The molecule has 88 valence electrons. The van der Waals surface area contributed by atoms with E-state index >= 15 is 0 Å². The first kappa shape index (κ1) is 12.4. The molecule has 1 unspecified atom stereocenters. The summed E-state index contributed by atoms with van der Waals surface area (Å²) in [5.74, 6) is 0.603. The van der Waals surface area contributed by atoms with E-state index in [2.05, 4.69) is 36.0 Å². The van der Waals surface area contributed by atoms with Crippen LogP contribution in [0.2, 0.25) is 0 Å². The van der Waals surface area contributed by atoms with Crippen LogP contribution in [0.4, 0.5) is 0 Å². The van der Waals surface area contributed by atoms with Gasteiger partial charge in [-0.2, -0.15) is 0 Å². The fourth-order valence-electron chi connectivity index (χ4n) is 1.88. The van der Waals surface area contributed by atoms with Gasteiger partial charge in [-0.15, -0.1) is 0 Å². The number of hydrogen-bond acceptors (Lipinski definition) is 3. The van der Waals surface area contributed by atoms with Crippen LogP contribution >= 0.6 is 0 Å². The fraction of sp³-hybridized carbons (Fsp3) is 0.833. The van der Waals surface area contributed by atoms with Gasteiger partial charge in [0.05, 0.1) is 13.3 Å². The first-order chi connectivity index (χ1) is 7.26. The summed E-state index contributed by atoms with van der Waals surface area (Å²) in [6, 6.07) is 0. The van der Waals surface area contributed by atoms with Crippen LogP contribution in [0.15, 0.2) is 12.4 Å². The molecule has 0 saturated carbocycles. The van der Waals surface area contributed by atoms with E-state index in [0.717, 1.165) is 19.8 Å². The molecular formula is C12H24N2O. The molecule has 15 heavy (non-hydrogen) atoms. The highest BCUT2D eigenvalue weighted by atomic mass is 16.5. The Labute approximate surface area is 93.7 Å². The molecule has 0 spiro atoms. The smallest absolute Gasteiger partial charge is 0.0893 e. The number of ether oxygens (including phenoxy) is 1. The molecule has 1 atom stereocenters. The highest BCUT2D eigenvalue weighted by Gasteiger charge is 2.13. The first-order valence-corrected chi connectivity index (χ1v) is 5.91. The third-order valence-electron chi connectivity index (χ3n) is 2.65. The molecule has 0 saturated heterocycles. The Hall–Kier alpha value is -0.700. The maximum absolute atomic E-state index is 5.14. The predicted octanol–water partition coefficient (Wildman–Crippen LogP) is 2.12. The van der Waals surface area contributed by atoms with Crippen LogP contribution in [0.5, 0.6) is 0 Å². The highest BCUT2D eigenvalue weighted by molar-refractivity contribution is 4.90. The van der Waals surface area contributed by atoms with Crippen molar-refractivity contribution in [2.75, 3.05) is 33.5 Å². The van der Waals surface area contributed by atoms with Crippen LogP contribution < -0.4 is 0 Å². The number of methoxy groups -OCH3 is 1. The number of unbranched alkanes of at least 4 members (excludes halogenated alkanes) is 1. The molecule has 1 aliphatic rings. The van der Waals surface area contributed by atoms with Crippen molar-refractivity contribution in [3.8, 4) is 0 Å². The van der Waals surface area contributed by atoms with Crippen LogP contribution in [0.1, 0.15) is 26.7 Å². The molecule has 0 aromatic rings. The third-order valence-corrected chi connectivity index (χ3v) is 2.65. The molecular weight excluding hydrogens is 188 g/mol. The SMILES string of the molecule is CCCCN1C=CN(CC(C)COC)C1. The maximum atomic E-state index is 5.14. The molecule has 1 rings (SSSR count). The van der Waals surface area contributed by atoms with E-state index in [1.54, 1.807) is 7.11 Å². The van der Waals surface area contributed by atoms with E-state index in [1.165, 1.54) is 19.4 Å². The zero-order valence-corrected chi connectivity index (χ0v) is 10.3. The standard InChI is InChI=1S/C12H24N2O/c1-4-5-6-13-7-8-14(11-13)9-12(2)10-15-3/h7-8,12H,4-6,9-11H2,1-3H3. The molecule has 1 heterocycles. The average molecular weight is 212 g/mol. The molecule has 3 nitrogen and oxygen atoms in total. The largest absolute Gasteiger partial charge is 0.384 e. The van der Waals surface area contributed by atoms with E-state index in [-0.39, 0.29) is 0 Å². The topological polar surface area (TPSA) is 15.7 Å². The summed E-state index contributed by atoms with van der Waals surface area (Å²) in [4.78, 5) is 4.74. The van der Waals surface area contributed by atoms with Gasteiger partial charge in [0.2, 0.25) is 0 Å². The molecule has 0 bridgehead atoms. The van der Waals surface area contributed by atoms with Crippen molar-refractivity contribution in [1.29, 1.82) is 0 Å². The maximum Gasteiger partial charge on any atom is 0.0893 e. The minimum absolute atomic E-state index is 0.603. The molecule has 0 aliphatic carbocycles. The van der Waals surface area contributed by atoms with Gasteiger partial charge < -0.3 is 14.5 Å². The predicted molar refractivity (Wildman–Crippen MR) is 63.4 cm³/mol. The van der Waals surface area contributed by atoms with Crippen molar-refractivity contribution < 1.29 is 4.74 Å². The van der Waals surface area contributed by atoms with E-state index in [9.17, 15) is 0 Å². The van der Waals surface area contributed by atoms with Gasteiger partial charge in [0.25, 0.3) is 0 Å². The van der Waals surface area contributed by atoms with Crippen molar-refractivity contribution in [1.82, 2.24) is 9.80 Å². The van der Waals surface area contributed by atoms with Gasteiger partial charge in [0.1, 0.15) is 0 Å². The van der Waals surface area contributed by atoms with Gasteiger partial charge in [-0.1, -0.05) is 20.3 Å². The van der Waals surface area contributed by atoms with Crippen LogP contribution in [-0.4, -0.2) is 43.3 Å². The minimum atomic E-state index is 0.603. The van der Waals surface area contributed by atoms with Crippen LogP contribution in [0, 0.1) is 5.92 Å². The molecule has 0 fully saturated rings. The summed E-state index contributed by atoms with van der Waals surface area (Å²) in [5, 5.41) is 0. The summed E-state index contributed by atoms with van der Waals surface area (Å²) in [6.45, 7) is 8.63. The van der Waals surface area contributed by atoms with E-state index in [0.29, 0.717) is 5.92 Å². The Morgan fingerprint density at radius 2 is 2.07 bits per heavy atom. The number of nitrogens with zero attached hydrogens (tertiary/aromatic N) is 2. The lowest BCUT2D eigenvalue weighted by Gasteiger charge is -2.23. The lowest BCUT2D eigenvalue weighted by molar-refractivity contribution is 0.135. The summed E-state index contributed by atoms with van der Waals surface area (Å²) < 4.78 is 5.14. The summed E-state index contributed by atoms with van der Waals surface area (Å²) >= 11 is 0. The van der Waals surface area contributed by atoms with Crippen molar-refractivity contribution in [2.24, 2.45) is 5.92 Å². The van der Waals surface area contributed by atoms with Crippen molar-refractivity contribution >= 4 is 0 Å². The molecule has 0 amide bonds. The molecule has 0 N–H and O–H groups in total. The lowest BCUT2D eigenvalue weighted by Crippen LogP contribution is -2.30. The monoisotopic (exact) mass is 212 g/mol. The van der Waals surface area contributed by atoms with E-state index in [1.807, 2.05) is 0 Å². The first-order valence-electron chi connectivity index (χ1n) is 5.91. The quantitative estimate of drug-likeness (QED) is 0.643. The minimum Gasteiger partial charge on any atom is -0.384 e. The van der Waals surface area contributed by atoms with Gasteiger partial charge in [-0.25, -0.2) is 0 Å². The molecule has 1 aliphatic heterocycles. The number of rotatable bonds is 7. The second-order valence-corrected chi connectivity index (χ2v) is 4.44. The molecule has 0 aromatic carbocycles. The highest BCUT2D eigenvalue weighted by Crippen LogP contribution is 2.10. The second kappa shape index (κ2) is 6.72. The summed E-state index contributed by atoms with van der Waals surface area (Å²) in [6.07, 6.45) is 6.95. The summed E-state index contributed by atoms with van der Waals surface area (Å²) in [5.41, 5.74) is 0. The van der Waals surface area contributed by atoms with Gasteiger partial charge in [-0.05, 0) is 12.3 Å². The van der Waals surface area contributed by atoms with Crippen molar-refractivity contribution in [2.45, 2.75) is 26.7 Å². The van der Waals surface area contributed by atoms with Crippen LogP contribution in [0.25, 0.3) is 0 Å². The lowest BCUT2D eigenvalue weighted by atomic mass is 10.2. The molecule has 0 radical (unpaired) electrons. The summed E-state index contributed by atoms with van der Waals surface area (Å²) in [7, 11) is 1.77. The zero-order valence-electron chi connectivity index (χ0n) is 10.3.